The molecular formula is C19H21N3O. The Labute approximate surface area is 136 Å². The van der Waals surface area contributed by atoms with E-state index in [1.54, 1.807) is 0 Å². The van der Waals surface area contributed by atoms with Gasteiger partial charge in [0, 0.05) is 24.5 Å². The number of nitrogens with zero attached hydrogens (tertiary/aromatic N) is 2. The summed E-state index contributed by atoms with van der Waals surface area (Å²) in [6, 6.07) is 15.8. The highest BCUT2D eigenvalue weighted by molar-refractivity contribution is 5.83. The van der Waals surface area contributed by atoms with Crippen LogP contribution in [0.5, 0.6) is 0 Å². The zero-order chi connectivity index (χ0) is 15.6. The molecule has 2 aromatic carbocycles. The summed E-state index contributed by atoms with van der Waals surface area (Å²) in [5, 5.41) is 8.22. The summed E-state index contributed by atoms with van der Waals surface area (Å²) in [6.45, 7) is 5.98. The molecule has 1 unspecified atom stereocenters. The number of rotatable bonds is 3. The van der Waals surface area contributed by atoms with Gasteiger partial charge in [0.05, 0.1) is 24.9 Å². The van der Waals surface area contributed by atoms with Crippen LogP contribution in [-0.2, 0) is 4.74 Å². The van der Waals surface area contributed by atoms with Crippen molar-refractivity contribution in [3.63, 3.8) is 0 Å². The fourth-order valence-electron chi connectivity index (χ4n) is 3.25. The summed E-state index contributed by atoms with van der Waals surface area (Å²) < 4.78 is 5.44. The normalized spacial score (nSPS) is 17.4. The molecule has 0 bridgehead atoms. The number of H-pyrrole nitrogens is 1. The molecule has 0 radical (unpaired) electrons. The molecule has 0 amide bonds. The Morgan fingerprint density at radius 2 is 1.78 bits per heavy atom. The number of hydrogen-bond donors (Lipinski definition) is 1. The summed E-state index contributed by atoms with van der Waals surface area (Å²) >= 11 is 0. The predicted octanol–water partition coefficient (Wildman–Crippen LogP) is 3.62. The topological polar surface area (TPSA) is 41.2 Å². The van der Waals surface area contributed by atoms with Crippen LogP contribution in [-0.4, -0.2) is 41.4 Å². The van der Waals surface area contributed by atoms with E-state index in [-0.39, 0.29) is 0 Å². The monoisotopic (exact) mass is 307 g/mol. The minimum atomic E-state index is 0.435. The van der Waals surface area contributed by atoms with Gasteiger partial charge in [0.15, 0.2) is 0 Å². The number of benzene rings is 2. The van der Waals surface area contributed by atoms with Gasteiger partial charge in [-0.05, 0) is 35.7 Å². The molecule has 0 saturated carbocycles. The lowest BCUT2D eigenvalue weighted by atomic mass is 10.00. The van der Waals surface area contributed by atoms with Crippen molar-refractivity contribution in [2.75, 3.05) is 26.3 Å². The Morgan fingerprint density at radius 3 is 2.57 bits per heavy atom. The number of nitrogens with one attached hydrogen (secondary N) is 1. The largest absolute Gasteiger partial charge is 0.379 e. The van der Waals surface area contributed by atoms with Gasteiger partial charge < -0.3 is 4.74 Å². The molecule has 4 rings (SSSR count). The lowest BCUT2D eigenvalue weighted by molar-refractivity contribution is 0.0198. The third-order valence-corrected chi connectivity index (χ3v) is 4.76. The average Bonchev–Trinajstić information content (AvgIpc) is 3.10. The molecule has 1 atom stereocenters. The number of aromatic nitrogens is 2. The summed E-state index contributed by atoms with van der Waals surface area (Å²) in [7, 11) is 0. The van der Waals surface area contributed by atoms with Crippen LogP contribution in [0.3, 0.4) is 0 Å². The quantitative estimate of drug-likeness (QED) is 0.803. The van der Waals surface area contributed by atoms with E-state index in [1.165, 1.54) is 16.7 Å². The first kappa shape index (κ1) is 14.4. The minimum absolute atomic E-state index is 0.435. The van der Waals surface area contributed by atoms with Crippen molar-refractivity contribution in [3.05, 3.63) is 54.2 Å². The molecule has 1 N–H and O–H groups in total. The SMILES string of the molecule is CC(c1ccc(-c2ccc3[nH]ncc3c2)cc1)N1CCOCC1. The predicted molar refractivity (Wildman–Crippen MR) is 92.3 cm³/mol. The first-order chi connectivity index (χ1) is 11.3. The van der Waals surface area contributed by atoms with Crippen molar-refractivity contribution in [3.8, 4) is 11.1 Å². The molecule has 4 nitrogen and oxygen atoms in total. The second-order valence-corrected chi connectivity index (χ2v) is 6.12. The van der Waals surface area contributed by atoms with Crippen LogP contribution in [0.25, 0.3) is 22.0 Å². The summed E-state index contributed by atoms with van der Waals surface area (Å²) in [5.74, 6) is 0. The van der Waals surface area contributed by atoms with Gasteiger partial charge in [0.25, 0.3) is 0 Å². The van der Waals surface area contributed by atoms with Crippen molar-refractivity contribution in [2.45, 2.75) is 13.0 Å². The van der Waals surface area contributed by atoms with Gasteiger partial charge in [-0.2, -0.15) is 5.10 Å². The van der Waals surface area contributed by atoms with Gasteiger partial charge in [-0.3, -0.25) is 10.00 Å². The Kier molecular flexibility index (Phi) is 3.85. The highest BCUT2D eigenvalue weighted by Crippen LogP contribution is 2.27. The van der Waals surface area contributed by atoms with Gasteiger partial charge in [-0.15, -0.1) is 0 Å². The first-order valence-electron chi connectivity index (χ1n) is 8.16. The van der Waals surface area contributed by atoms with Gasteiger partial charge in [-0.25, -0.2) is 0 Å². The smallest absolute Gasteiger partial charge is 0.0650 e. The first-order valence-corrected chi connectivity index (χ1v) is 8.16. The zero-order valence-corrected chi connectivity index (χ0v) is 13.3. The van der Waals surface area contributed by atoms with Gasteiger partial charge in [0.2, 0.25) is 0 Å². The van der Waals surface area contributed by atoms with Crippen molar-refractivity contribution in [2.24, 2.45) is 0 Å². The second-order valence-electron chi connectivity index (χ2n) is 6.12. The molecule has 3 aromatic rings. The van der Waals surface area contributed by atoms with Crippen LogP contribution in [0.4, 0.5) is 0 Å². The molecule has 2 heterocycles. The zero-order valence-electron chi connectivity index (χ0n) is 13.3. The fraction of sp³-hybridized carbons (Fsp3) is 0.316. The highest BCUT2D eigenvalue weighted by Gasteiger charge is 2.18. The molecule has 1 aromatic heterocycles. The van der Waals surface area contributed by atoms with Crippen molar-refractivity contribution in [1.29, 1.82) is 0 Å². The Bertz CT molecular complexity index is 788. The maximum atomic E-state index is 5.44. The van der Waals surface area contributed by atoms with Crippen LogP contribution in [0.2, 0.25) is 0 Å². The van der Waals surface area contributed by atoms with E-state index < -0.39 is 0 Å². The maximum Gasteiger partial charge on any atom is 0.0650 e. The Morgan fingerprint density at radius 1 is 1.04 bits per heavy atom. The summed E-state index contributed by atoms with van der Waals surface area (Å²) in [4.78, 5) is 2.48. The van der Waals surface area contributed by atoms with Crippen LogP contribution in [0, 0.1) is 0 Å². The molecular weight excluding hydrogens is 286 g/mol. The molecule has 1 saturated heterocycles. The number of morpholine rings is 1. The Balaban J connectivity index is 1.57. The molecule has 4 heteroatoms. The van der Waals surface area contributed by atoms with Crippen LogP contribution >= 0.6 is 0 Å². The van der Waals surface area contributed by atoms with Crippen molar-refractivity contribution < 1.29 is 4.74 Å². The molecule has 1 aliphatic heterocycles. The van der Waals surface area contributed by atoms with E-state index in [2.05, 4.69) is 64.5 Å². The van der Waals surface area contributed by atoms with Gasteiger partial charge in [-0.1, -0.05) is 30.3 Å². The molecule has 118 valence electrons. The Hall–Kier alpha value is -2.17. The number of fused-ring (bicyclic) bond motifs is 1. The van der Waals surface area contributed by atoms with Gasteiger partial charge in [0.1, 0.15) is 0 Å². The molecule has 1 aliphatic rings. The number of hydrogen-bond acceptors (Lipinski definition) is 3. The number of aromatic amines is 1. The van der Waals surface area contributed by atoms with E-state index in [9.17, 15) is 0 Å². The van der Waals surface area contributed by atoms with E-state index in [0.717, 1.165) is 37.2 Å². The molecule has 1 fully saturated rings. The molecule has 23 heavy (non-hydrogen) atoms. The standard InChI is InChI=1S/C19H21N3O/c1-14(22-8-10-23-11-9-22)15-2-4-16(5-3-15)17-6-7-19-18(12-17)13-20-21-19/h2-7,12-14H,8-11H2,1H3,(H,20,21). The van der Waals surface area contributed by atoms with E-state index in [1.807, 2.05) is 6.20 Å². The van der Waals surface area contributed by atoms with E-state index >= 15 is 0 Å². The van der Waals surface area contributed by atoms with Crippen LogP contribution in [0.1, 0.15) is 18.5 Å². The fourth-order valence-corrected chi connectivity index (χ4v) is 3.25. The lowest BCUT2D eigenvalue weighted by Gasteiger charge is -2.32. The van der Waals surface area contributed by atoms with Crippen molar-refractivity contribution >= 4 is 10.9 Å². The third-order valence-electron chi connectivity index (χ3n) is 4.76. The van der Waals surface area contributed by atoms with E-state index in [4.69, 9.17) is 4.74 Å². The lowest BCUT2D eigenvalue weighted by Crippen LogP contribution is -2.37. The van der Waals surface area contributed by atoms with Crippen LogP contribution in [0.15, 0.2) is 48.7 Å². The third kappa shape index (κ3) is 2.87. The summed E-state index contributed by atoms with van der Waals surface area (Å²) in [5.41, 5.74) is 4.90. The molecule has 0 spiro atoms. The second kappa shape index (κ2) is 6.14. The van der Waals surface area contributed by atoms with Crippen LogP contribution < -0.4 is 0 Å². The maximum absolute atomic E-state index is 5.44. The number of ether oxygens (including phenoxy) is 1. The van der Waals surface area contributed by atoms with E-state index in [0.29, 0.717) is 6.04 Å². The highest BCUT2D eigenvalue weighted by atomic mass is 16.5. The minimum Gasteiger partial charge on any atom is -0.379 e. The summed E-state index contributed by atoms with van der Waals surface area (Å²) in [6.07, 6.45) is 1.87. The van der Waals surface area contributed by atoms with Crippen molar-refractivity contribution in [1.82, 2.24) is 15.1 Å². The molecule has 0 aliphatic carbocycles. The average molecular weight is 307 g/mol. The van der Waals surface area contributed by atoms with Gasteiger partial charge >= 0.3 is 0 Å².